The second-order valence-electron chi connectivity index (χ2n) is 4.12. The number of carbonyl (C=O) groups is 2. The second-order valence-corrected chi connectivity index (χ2v) is 4.12. The Hall–Kier alpha value is -1.14. The summed E-state index contributed by atoms with van der Waals surface area (Å²) in [5.41, 5.74) is 0. The summed E-state index contributed by atoms with van der Waals surface area (Å²) in [6.07, 6.45) is 2.49. The Kier molecular flexibility index (Phi) is 10.3. The highest BCUT2D eigenvalue weighted by Gasteiger charge is 2.09. The Labute approximate surface area is 109 Å². The van der Waals surface area contributed by atoms with Crippen LogP contribution in [0.1, 0.15) is 25.7 Å². The van der Waals surface area contributed by atoms with Crippen LogP contribution < -0.4 is 10.6 Å². The summed E-state index contributed by atoms with van der Waals surface area (Å²) in [5.74, 6) is 0.00389. The number of nitrogens with one attached hydrogen (secondary N) is 2. The van der Waals surface area contributed by atoms with Crippen molar-refractivity contribution >= 4 is 11.8 Å². The molecular formula is C12H25N3O3. The summed E-state index contributed by atoms with van der Waals surface area (Å²) in [6, 6.07) is 0. The monoisotopic (exact) mass is 259 g/mol. The Morgan fingerprint density at radius 3 is 1.83 bits per heavy atom. The van der Waals surface area contributed by atoms with Gasteiger partial charge in [-0.05, 0) is 19.4 Å². The van der Waals surface area contributed by atoms with Gasteiger partial charge in [0.25, 0.3) is 0 Å². The number of rotatable bonds is 10. The van der Waals surface area contributed by atoms with E-state index in [1.54, 1.807) is 14.1 Å². The van der Waals surface area contributed by atoms with Crippen LogP contribution in [-0.2, 0) is 9.59 Å². The van der Waals surface area contributed by atoms with E-state index < -0.39 is 0 Å². The zero-order valence-electron chi connectivity index (χ0n) is 11.4. The van der Waals surface area contributed by atoms with Gasteiger partial charge in [-0.1, -0.05) is 0 Å². The number of hydrogen-bond donors (Lipinski definition) is 3. The molecule has 0 aliphatic carbocycles. The van der Waals surface area contributed by atoms with Crippen LogP contribution in [0.5, 0.6) is 0 Å². The van der Waals surface area contributed by atoms with Crippen molar-refractivity contribution < 1.29 is 14.7 Å². The van der Waals surface area contributed by atoms with E-state index in [2.05, 4.69) is 15.5 Å². The fraction of sp³-hybridized carbons (Fsp3) is 0.833. The van der Waals surface area contributed by atoms with Gasteiger partial charge in [0.2, 0.25) is 11.8 Å². The van der Waals surface area contributed by atoms with E-state index in [9.17, 15) is 9.59 Å². The summed E-state index contributed by atoms with van der Waals surface area (Å²) >= 11 is 0. The maximum Gasteiger partial charge on any atom is 0.221 e. The van der Waals surface area contributed by atoms with Crippen LogP contribution >= 0.6 is 0 Å². The molecule has 2 amide bonds. The molecule has 0 fully saturated rings. The number of unbranched alkanes of at least 4 members (excludes halogenated alkanes) is 1. The lowest BCUT2D eigenvalue weighted by atomic mass is 10.2. The number of nitrogens with zero attached hydrogens (tertiary/aromatic N) is 1. The van der Waals surface area contributed by atoms with Crippen molar-refractivity contribution in [2.45, 2.75) is 25.7 Å². The topological polar surface area (TPSA) is 81.7 Å². The number of hydrogen-bond acceptors (Lipinski definition) is 4. The van der Waals surface area contributed by atoms with Gasteiger partial charge in [0.05, 0.1) is 0 Å². The molecule has 18 heavy (non-hydrogen) atoms. The lowest BCUT2D eigenvalue weighted by Crippen LogP contribution is -2.33. The molecule has 0 aromatic rings. The summed E-state index contributed by atoms with van der Waals surface area (Å²) in [5, 5.41) is 13.9. The molecule has 0 heterocycles. The maximum atomic E-state index is 11.2. The van der Waals surface area contributed by atoms with Crippen LogP contribution in [0, 0.1) is 0 Å². The van der Waals surface area contributed by atoms with E-state index in [0.29, 0.717) is 25.9 Å². The van der Waals surface area contributed by atoms with E-state index >= 15 is 0 Å². The van der Waals surface area contributed by atoms with E-state index in [0.717, 1.165) is 19.4 Å². The third-order valence-electron chi connectivity index (χ3n) is 2.75. The molecule has 0 bridgehead atoms. The van der Waals surface area contributed by atoms with Crippen molar-refractivity contribution in [2.24, 2.45) is 0 Å². The van der Waals surface area contributed by atoms with E-state index in [4.69, 9.17) is 5.11 Å². The molecule has 0 saturated carbocycles. The zero-order valence-corrected chi connectivity index (χ0v) is 11.4. The molecule has 0 saturated heterocycles. The molecule has 0 rings (SSSR count). The third kappa shape index (κ3) is 8.95. The largest absolute Gasteiger partial charge is 0.396 e. The van der Waals surface area contributed by atoms with E-state index in [1.807, 2.05) is 0 Å². The van der Waals surface area contributed by atoms with Crippen LogP contribution in [-0.4, -0.2) is 62.2 Å². The molecular weight excluding hydrogens is 234 g/mol. The fourth-order valence-electron chi connectivity index (χ4n) is 1.55. The predicted molar refractivity (Wildman–Crippen MR) is 70.1 cm³/mol. The third-order valence-corrected chi connectivity index (χ3v) is 2.75. The first kappa shape index (κ1) is 16.9. The average Bonchev–Trinajstić information content (AvgIpc) is 2.40. The van der Waals surface area contributed by atoms with Crippen LogP contribution in [0.25, 0.3) is 0 Å². The predicted octanol–water partition coefficient (Wildman–Crippen LogP) is -0.667. The molecule has 0 spiro atoms. The highest BCUT2D eigenvalue weighted by atomic mass is 16.3. The molecule has 6 nitrogen and oxygen atoms in total. The minimum Gasteiger partial charge on any atom is -0.396 e. The van der Waals surface area contributed by atoms with Gasteiger partial charge in [-0.15, -0.1) is 0 Å². The van der Waals surface area contributed by atoms with E-state index in [-0.39, 0.29) is 18.4 Å². The van der Waals surface area contributed by atoms with Crippen LogP contribution in [0.15, 0.2) is 0 Å². The summed E-state index contributed by atoms with van der Waals surface area (Å²) < 4.78 is 0. The highest BCUT2D eigenvalue weighted by molar-refractivity contribution is 5.76. The van der Waals surface area contributed by atoms with Gasteiger partial charge >= 0.3 is 0 Å². The van der Waals surface area contributed by atoms with Crippen molar-refractivity contribution in [1.82, 2.24) is 15.5 Å². The second kappa shape index (κ2) is 11.0. The van der Waals surface area contributed by atoms with Gasteiger partial charge in [-0.3, -0.25) is 9.59 Å². The van der Waals surface area contributed by atoms with Crippen molar-refractivity contribution in [2.75, 3.05) is 40.3 Å². The lowest BCUT2D eigenvalue weighted by Gasteiger charge is -2.21. The normalized spacial score (nSPS) is 10.4. The Morgan fingerprint density at radius 2 is 1.44 bits per heavy atom. The van der Waals surface area contributed by atoms with Gasteiger partial charge in [0.15, 0.2) is 0 Å². The molecule has 0 unspecified atom stereocenters. The Bertz CT molecular complexity index is 227. The standard InChI is InChI=1S/C12H25N3O3/c1-13-11(17)5-8-15(7-3-4-10-16)9-6-12(18)14-2/h16H,3-10H2,1-2H3,(H,13,17)(H,14,18). The quantitative estimate of drug-likeness (QED) is 0.455. The van der Waals surface area contributed by atoms with Crippen molar-refractivity contribution in [3.8, 4) is 0 Å². The number of aliphatic hydroxyl groups is 1. The van der Waals surface area contributed by atoms with Crippen molar-refractivity contribution in [3.05, 3.63) is 0 Å². The van der Waals surface area contributed by atoms with Gasteiger partial charge in [-0.2, -0.15) is 0 Å². The SMILES string of the molecule is CNC(=O)CCN(CCCCO)CCC(=O)NC. The van der Waals surface area contributed by atoms with Gasteiger partial charge < -0.3 is 20.6 Å². The zero-order chi connectivity index (χ0) is 13.8. The van der Waals surface area contributed by atoms with Gasteiger partial charge in [0.1, 0.15) is 0 Å². The van der Waals surface area contributed by atoms with Crippen molar-refractivity contribution in [3.63, 3.8) is 0 Å². The fourth-order valence-corrected chi connectivity index (χ4v) is 1.55. The molecule has 0 aromatic carbocycles. The van der Waals surface area contributed by atoms with Crippen molar-refractivity contribution in [1.29, 1.82) is 0 Å². The number of amides is 2. The first-order valence-electron chi connectivity index (χ1n) is 6.38. The minimum absolute atomic E-state index is 0.00195. The Balaban J connectivity index is 3.98. The molecule has 0 atom stereocenters. The lowest BCUT2D eigenvalue weighted by molar-refractivity contribution is -0.120. The van der Waals surface area contributed by atoms with Gasteiger partial charge in [0, 0.05) is 46.6 Å². The summed E-state index contributed by atoms with van der Waals surface area (Å²) in [6.45, 7) is 2.26. The molecule has 0 aromatic heterocycles. The number of carbonyl (C=O) groups excluding carboxylic acids is 2. The first-order chi connectivity index (χ1) is 8.63. The average molecular weight is 259 g/mol. The van der Waals surface area contributed by atoms with E-state index in [1.165, 1.54) is 0 Å². The smallest absolute Gasteiger partial charge is 0.221 e. The minimum atomic E-state index is 0.00195. The van der Waals surface area contributed by atoms with Crippen LogP contribution in [0.3, 0.4) is 0 Å². The highest BCUT2D eigenvalue weighted by Crippen LogP contribution is 1.99. The number of aliphatic hydroxyl groups excluding tert-OH is 1. The molecule has 3 N–H and O–H groups in total. The first-order valence-corrected chi connectivity index (χ1v) is 6.38. The van der Waals surface area contributed by atoms with Crippen LogP contribution in [0.2, 0.25) is 0 Å². The molecule has 0 radical (unpaired) electrons. The summed E-state index contributed by atoms with van der Waals surface area (Å²) in [4.78, 5) is 24.5. The van der Waals surface area contributed by atoms with Gasteiger partial charge in [-0.25, -0.2) is 0 Å². The molecule has 0 aliphatic heterocycles. The summed E-state index contributed by atoms with van der Waals surface area (Å²) in [7, 11) is 3.23. The van der Waals surface area contributed by atoms with Crippen LogP contribution in [0.4, 0.5) is 0 Å². The molecule has 6 heteroatoms. The molecule has 106 valence electrons. The maximum absolute atomic E-state index is 11.2. The molecule has 0 aliphatic rings. The Morgan fingerprint density at radius 1 is 0.944 bits per heavy atom.